The molecule has 21 heavy (non-hydrogen) atoms. The first-order valence-corrected chi connectivity index (χ1v) is 6.31. The highest BCUT2D eigenvalue weighted by Gasteiger charge is 2.17. The topological polar surface area (TPSA) is 102 Å². The Labute approximate surface area is 118 Å². The van der Waals surface area contributed by atoms with Crippen LogP contribution in [0.5, 0.6) is 0 Å². The van der Waals surface area contributed by atoms with E-state index in [1.54, 1.807) is 23.3 Å². The first-order chi connectivity index (χ1) is 10.3. The van der Waals surface area contributed by atoms with E-state index in [1.807, 2.05) is 24.3 Å². The molecule has 0 saturated heterocycles. The van der Waals surface area contributed by atoms with Crippen LogP contribution in [0, 0.1) is 0 Å². The summed E-state index contributed by atoms with van der Waals surface area (Å²) in [6, 6.07) is 7.34. The number of aromatic amines is 1. The van der Waals surface area contributed by atoms with Crippen LogP contribution < -0.4 is 5.73 Å². The summed E-state index contributed by atoms with van der Waals surface area (Å²) >= 11 is 0. The van der Waals surface area contributed by atoms with Crippen LogP contribution >= 0.6 is 0 Å². The van der Waals surface area contributed by atoms with Gasteiger partial charge < -0.3 is 5.73 Å². The van der Waals surface area contributed by atoms with Gasteiger partial charge in [0.2, 0.25) is 0 Å². The molecule has 3 aromatic heterocycles. The minimum Gasteiger partial charge on any atom is -0.364 e. The van der Waals surface area contributed by atoms with E-state index >= 15 is 0 Å². The lowest BCUT2D eigenvalue weighted by atomic mass is 10.1. The number of aromatic nitrogens is 5. The Bertz CT molecular complexity index is 969. The van der Waals surface area contributed by atoms with Gasteiger partial charge in [0.15, 0.2) is 0 Å². The fourth-order valence-electron chi connectivity index (χ4n) is 2.50. The van der Waals surface area contributed by atoms with E-state index < -0.39 is 5.91 Å². The molecule has 3 N–H and O–H groups in total. The molecule has 3 heterocycles. The molecule has 0 fully saturated rings. The molecule has 1 amide bonds. The first-order valence-electron chi connectivity index (χ1n) is 6.31. The average molecular weight is 278 g/mol. The highest BCUT2D eigenvalue weighted by Crippen LogP contribution is 2.28. The zero-order chi connectivity index (χ0) is 14.4. The summed E-state index contributed by atoms with van der Waals surface area (Å²) in [5.41, 5.74) is 8.16. The maximum Gasteiger partial charge on any atom is 0.267 e. The number of carbonyl (C=O) groups is 1. The van der Waals surface area contributed by atoms with Gasteiger partial charge in [0.05, 0.1) is 29.1 Å². The molecular weight excluding hydrogens is 268 g/mol. The number of nitrogens with two attached hydrogens (primary N) is 1. The SMILES string of the molecule is NC(=O)c1[nH]n(-c2cccnc2)c2c1ccc1nncc12. The van der Waals surface area contributed by atoms with E-state index in [0.29, 0.717) is 5.69 Å². The Kier molecular flexibility index (Phi) is 2.28. The van der Waals surface area contributed by atoms with E-state index in [2.05, 4.69) is 20.3 Å². The Hall–Kier alpha value is -3.22. The minimum absolute atomic E-state index is 0.344. The number of pyridine rings is 1. The molecule has 0 aliphatic rings. The van der Waals surface area contributed by atoms with Gasteiger partial charge in [-0.1, -0.05) is 0 Å². The molecular formula is C14H10N6O. The largest absolute Gasteiger partial charge is 0.364 e. The van der Waals surface area contributed by atoms with E-state index in [9.17, 15) is 4.79 Å². The number of carbonyl (C=O) groups excluding carboxylic acids is 1. The summed E-state index contributed by atoms with van der Waals surface area (Å²) in [7, 11) is 0. The van der Waals surface area contributed by atoms with Gasteiger partial charge in [-0.25, -0.2) is 0 Å². The predicted octanol–water partition coefficient (Wildman–Crippen LogP) is 1.40. The third kappa shape index (κ3) is 1.61. The maximum absolute atomic E-state index is 11.7. The molecule has 0 bridgehead atoms. The number of hydrogen-bond acceptors (Lipinski definition) is 4. The second kappa shape index (κ2) is 4.14. The molecule has 4 aromatic rings. The van der Waals surface area contributed by atoms with Crippen LogP contribution in [-0.2, 0) is 0 Å². The maximum atomic E-state index is 11.7. The standard InChI is InChI=1S/C14H10N6O/c15-14(21)12-9-3-4-11-10(7-17-18-11)13(9)20(19-12)8-2-1-5-16-6-8/h1-7,19H,(H2,15,21). The van der Waals surface area contributed by atoms with Crippen molar-refractivity contribution in [2.45, 2.75) is 0 Å². The highest BCUT2D eigenvalue weighted by molar-refractivity contribution is 6.12. The number of rotatable bonds is 2. The van der Waals surface area contributed by atoms with Gasteiger partial charge >= 0.3 is 0 Å². The quantitative estimate of drug-likeness (QED) is 0.578. The minimum atomic E-state index is -0.519. The Morgan fingerprint density at radius 3 is 2.86 bits per heavy atom. The Morgan fingerprint density at radius 2 is 2.10 bits per heavy atom. The Morgan fingerprint density at radius 1 is 1.19 bits per heavy atom. The van der Waals surface area contributed by atoms with Crippen LogP contribution in [0.3, 0.4) is 0 Å². The monoisotopic (exact) mass is 278 g/mol. The van der Waals surface area contributed by atoms with Crippen LogP contribution in [-0.4, -0.2) is 30.9 Å². The summed E-state index contributed by atoms with van der Waals surface area (Å²) in [4.78, 5) is 15.8. The third-order valence-corrected chi connectivity index (χ3v) is 3.41. The van der Waals surface area contributed by atoms with Gasteiger partial charge in [0.25, 0.3) is 5.91 Å². The lowest BCUT2D eigenvalue weighted by molar-refractivity contribution is 0.0996. The molecule has 7 nitrogen and oxygen atoms in total. The lowest BCUT2D eigenvalue weighted by Gasteiger charge is -2.04. The van der Waals surface area contributed by atoms with Crippen molar-refractivity contribution < 1.29 is 4.79 Å². The van der Waals surface area contributed by atoms with Gasteiger partial charge in [-0.05, 0) is 24.3 Å². The number of H-pyrrole nitrogens is 1. The summed E-state index contributed by atoms with van der Waals surface area (Å²) in [5, 5.41) is 12.6. The van der Waals surface area contributed by atoms with Gasteiger partial charge in [-0.2, -0.15) is 10.2 Å². The number of nitrogens with zero attached hydrogens (tertiary/aromatic N) is 4. The fraction of sp³-hybridized carbons (Fsp3) is 0. The molecule has 1 aromatic carbocycles. The number of amides is 1. The van der Waals surface area contributed by atoms with Crippen LogP contribution in [0.1, 0.15) is 10.5 Å². The van der Waals surface area contributed by atoms with E-state index in [1.165, 1.54) is 0 Å². The molecule has 0 aliphatic heterocycles. The van der Waals surface area contributed by atoms with Gasteiger partial charge in [-0.3, -0.25) is 19.6 Å². The number of benzene rings is 1. The van der Waals surface area contributed by atoms with Crippen LogP contribution in [0.2, 0.25) is 0 Å². The van der Waals surface area contributed by atoms with Gasteiger partial charge in [0.1, 0.15) is 5.69 Å². The highest BCUT2D eigenvalue weighted by atomic mass is 16.1. The molecule has 102 valence electrons. The zero-order valence-corrected chi connectivity index (χ0v) is 10.8. The van der Waals surface area contributed by atoms with E-state index in [0.717, 1.165) is 27.5 Å². The van der Waals surface area contributed by atoms with Crippen molar-refractivity contribution in [3.05, 3.63) is 48.5 Å². The number of nitrogens with one attached hydrogen (secondary N) is 1. The second-order valence-corrected chi connectivity index (χ2v) is 4.64. The molecule has 4 rings (SSSR count). The van der Waals surface area contributed by atoms with E-state index in [-0.39, 0.29) is 0 Å². The summed E-state index contributed by atoms with van der Waals surface area (Å²) in [6.07, 6.45) is 5.05. The number of primary amides is 1. The third-order valence-electron chi connectivity index (χ3n) is 3.41. The van der Waals surface area contributed by atoms with Crippen molar-refractivity contribution in [3.63, 3.8) is 0 Å². The lowest BCUT2D eigenvalue weighted by Crippen LogP contribution is -2.12. The molecule has 0 unspecified atom stereocenters. The molecule has 0 saturated carbocycles. The Balaban J connectivity index is 2.19. The van der Waals surface area contributed by atoms with Crippen molar-refractivity contribution >= 4 is 27.7 Å². The van der Waals surface area contributed by atoms with Gasteiger partial charge in [-0.15, -0.1) is 0 Å². The van der Waals surface area contributed by atoms with Crippen molar-refractivity contribution in [2.75, 3.05) is 0 Å². The van der Waals surface area contributed by atoms with Crippen LogP contribution in [0.4, 0.5) is 0 Å². The van der Waals surface area contributed by atoms with Crippen LogP contribution in [0.25, 0.3) is 27.5 Å². The fourth-order valence-corrected chi connectivity index (χ4v) is 2.50. The summed E-state index contributed by atoms with van der Waals surface area (Å²) in [6.45, 7) is 0. The molecule has 0 aliphatic carbocycles. The van der Waals surface area contributed by atoms with E-state index in [4.69, 9.17) is 5.73 Å². The second-order valence-electron chi connectivity index (χ2n) is 4.64. The van der Waals surface area contributed by atoms with Crippen molar-refractivity contribution in [3.8, 4) is 5.69 Å². The molecule has 0 spiro atoms. The molecule has 7 heteroatoms. The summed E-state index contributed by atoms with van der Waals surface area (Å²) in [5.74, 6) is -0.519. The average Bonchev–Trinajstić information content (AvgIpc) is 3.11. The number of hydrogen-bond donors (Lipinski definition) is 2. The predicted molar refractivity (Wildman–Crippen MR) is 77.0 cm³/mol. The van der Waals surface area contributed by atoms with Crippen molar-refractivity contribution in [1.29, 1.82) is 0 Å². The zero-order valence-electron chi connectivity index (χ0n) is 10.8. The number of fused-ring (bicyclic) bond motifs is 3. The molecule has 0 radical (unpaired) electrons. The van der Waals surface area contributed by atoms with Crippen LogP contribution in [0.15, 0.2) is 42.9 Å². The smallest absolute Gasteiger partial charge is 0.267 e. The van der Waals surface area contributed by atoms with Crippen molar-refractivity contribution in [2.24, 2.45) is 5.73 Å². The summed E-state index contributed by atoms with van der Waals surface area (Å²) < 4.78 is 1.77. The van der Waals surface area contributed by atoms with Crippen molar-refractivity contribution in [1.82, 2.24) is 25.0 Å². The first kappa shape index (κ1) is 11.6. The van der Waals surface area contributed by atoms with Gasteiger partial charge in [0, 0.05) is 17.0 Å². The normalized spacial score (nSPS) is 11.2. The molecule has 0 atom stereocenters.